The number of nitriles is 1. The summed E-state index contributed by atoms with van der Waals surface area (Å²) in [6, 6.07) is 1.79. The summed E-state index contributed by atoms with van der Waals surface area (Å²) in [6.45, 7) is 0. The molecule has 0 spiro atoms. The number of ketones is 1. The van der Waals surface area contributed by atoms with E-state index in [9.17, 15) is 9.18 Å². The van der Waals surface area contributed by atoms with E-state index in [2.05, 4.69) is 0 Å². The number of carbonyl (C=O) groups is 1. The van der Waals surface area contributed by atoms with Gasteiger partial charge in [-0.3, -0.25) is 4.79 Å². The molecule has 0 bridgehead atoms. The number of hydrogen-bond donors (Lipinski definition) is 0. The van der Waals surface area contributed by atoms with Gasteiger partial charge in [0.15, 0.2) is 12.0 Å². The first-order valence-electron chi connectivity index (χ1n) is 3.33. The largest absolute Gasteiger partial charge is 0.295 e. The molecule has 2 atom stereocenters. The van der Waals surface area contributed by atoms with E-state index in [1.54, 1.807) is 6.07 Å². The summed E-state index contributed by atoms with van der Waals surface area (Å²) >= 11 is 0. The van der Waals surface area contributed by atoms with Crippen molar-refractivity contribution in [2.45, 2.75) is 25.4 Å². The van der Waals surface area contributed by atoms with Gasteiger partial charge in [0.05, 0.1) is 6.07 Å². The minimum atomic E-state index is -1.38. The van der Waals surface area contributed by atoms with Crippen LogP contribution in [-0.2, 0) is 4.79 Å². The normalized spacial score (nSPS) is 33.4. The highest BCUT2D eigenvalue weighted by atomic mass is 19.1. The van der Waals surface area contributed by atoms with Crippen molar-refractivity contribution in [3.8, 4) is 6.07 Å². The fourth-order valence-corrected chi connectivity index (χ4v) is 1.13. The first-order chi connectivity index (χ1) is 4.75. The van der Waals surface area contributed by atoms with Crippen LogP contribution in [0.25, 0.3) is 0 Å². The van der Waals surface area contributed by atoms with Crippen LogP contribution in [0.15, 0.2) is 0 Å². The standard InChI is InChI=1S/C7H8FNO/c8-6-3-1-2-5(4-9)7(6)10/h5-6H,1-3H2. The second-order valence-electron chi connectivity index (χ2n) is 2.48. The lowest BCUT2D eigenvalue weighted by atomic mass is 9.88. The van der Waals surface area contributed by atoms with Crippen molar-refractivity contribution in [2.75, 3.05) is 0 Å². The van der Waals surface area contributed by atoms with Gasteiger partial charge in [-0.2, -0.15) is 5.26 Å². The average Bonchev–Trinajstić information content (AvgIpc) is 1.95. The molecule has 1 aliphatic carbocycles. The number of alkyl halides is 1. The van der Waals surface area contributed by atoms with Crippen LogP contribution in [0.4, 0.5) is 4.39 Å². The van der Waals surface area contributed by atoms with Crippen molar-refractivity contribution >= 4 is 5.78 Å². The fraction of sp³-hybridized carbons (Fsp3) is 0.714. The van der Waals surface area contributed by atoms with Crippen LogP contribution >= 0.6 is 0 Å². The lowest BCUT2D eigenvalue weighted by Crippen LogP contribution is -2.28. The molecular formula is C7H8FNO. The molecule has 54 valence electrons. The lowest BCUT2D eigenvalue weighted by Gasteiger charge is -2.16. The molecule has 0 aromatic heterocycles. The Balaban J connectivity index is 2.62. The predicted octanol–water partition coefficient (Wildman–Crippen LogP) is 1.22. The van der Waals surface area contributed by atoms with Crippen molar-refractivity contribution in [2.24, 2.45) is 5.92 Å². The van der Waals surface area contributed by atoms with E-state index in [0.717, 1.165) is 0 Å². The number of nitrogens with zero attached hydrogens (tertiary/aromatic N) is 1. The van der Waals surface area contributed by atoms with Gasteiger partial charge < -0.3 is 0 Å². The van der Waals surface area contributed by atoms with Crippen LogP contribution in [0.5, 0.6) is 0 Å². The van der Waals surface area contributed by atoms with Gasteiger partial charge in [0, 0.05) is 0 Å². The average molecular weight is 141 g/mol. The van der Waals surface area contributed by atoms with Crippen LogP contribution < -0.4 is 0 Å². The third kappa shape index (κ3) is 1.15. The minimum absolute atomic E-state index is 0.303. The van der Waals surface area contributed by atoms with Gasteiger partial charge in [-0.05, 0) is 19.3 Å². The van der Waals surface area contributed by atoms with Gasteiger partial charge in [0.1, 0.15) is 5.92 Å². The first kappa shape index (κ1) is 7.20. The Morgan fingerprint density at radius 2 is 2.30 bits per heavy atom. The molecule has 0 aromatic carbocycles. The summed E-state index contributed by atoms with van der Waals surface area (Å²) < 4.78 is 12.5. The van der Waals surface area contributed by atoms with E-state index in [0.29, 0.717) is 19.3 Å². The summed E-state index contributed by atoms with van der Waals surface area (Å²) in [6.07, 6.45) is 0.121. The molecule has 3 heteroatoms. The van der Waals surface area contributed by atoms with Crippen molar-refractivity contribution in [3.05, 3.63) is 0 Å². The number of rotatable bonds is 0. The van der Waals surface area contributed by atoms with E-state index >= 15 is 0 Å². The van der Waals surface area contributed by atoms with Crippen LogP contribution in [-0.4, -0.2) is 12.0 Å². The molecule has 0 aliphatic heterocycles. The quantitative estimate of drug-likeness (QED) is 0.508. The maximum atomic E-state index is 12.5. The van der Waals surface area contributed by atoms with Crippen molar-refractivity contribution in [3.63, 3.8) is 0 Å². The lowest BCUT2D eigenvalue weighted by molar-refractivity contribution is -0.128. The molecule has 1 fully saturated rings. The van der Waals surface area contributed by atoms with Crippen molar-refractivity contribution in [1.29, 1.82) is 5.26 Å². The predicted molar refractivity (Wildman–Crippen MR) is 32.9 cm³/mol. The van der Waals surface area contributed by atoms with Crippen LogP contribution in [0.3, 0.4) is 0 Å². The van der Waals surface area contributed by atoms with Crippen LogP contribution in [0.1, 0.15) is 19.3 Å². The zero-order valence-electron chi connectivity index (χ0n) is 5.51. The van der Waals surface area contributed by atoms with E-state index in [1.165, 1.54) is 0 Å². The fourth-order valence-electron chi connectivity index (χ4n) is 1.13. The maximum absolute atomic E-state index is 12.5. The van der Waals surface area contributed by atoms with Crippen molar-refractivity contribution in [1.82, 2.24) is 0 Å². The molecule has 1 saturated carbocycles. The van der Waals surface area contributed by atoms with E-state index in [4.69, 9.17) is 5.26 Å². The van der Waals surface area contributed by atoms with Gasteiger partial charge in [-0.15, -0.1) is 0 Å². The summed E-state index contributed by atoms with van der Waals surface area (Å²) in [5, 5.41) is 8.34. The Hall–Kier alpha value is -0.910. The molecule has 0 radical (unpaired) electrons. The number of Topliss-reactive ketones (excluding diaryl/α,β-unsaturated/α-hetero) is 1. The SMILES string of the molecule is N#CC1CCCC(F)C1=O. The zero-order valence-corrected chi connectivity index (χ0v) is 5.51. The molecule has 0 aromatic rings. The topological polar surface area (TPSA) is 40.9 Å². The molecular weight excluding hydrogens is 133 g/mol. The molecule has 0 saturated heterocycles. The highest BCUT2D eigenvalue weighted by Crippen LogP contribution is 2.22. The minimum Gasteiger partial charge on any atom is -0.295 e. The summed E-state index contributed by atoms with van der Waals surface area (Å²) in [4.78, 5) is 10.8. The third-order valence-corrected chi connectivity index (χ3v) is 1.76. The molecule has 0 heterocycles. The summed E-state index contributed by atoms with van der Waals surface area (Å²) in [5.74, 6) is -1.20. The van der Waals surface area contributed by atoms with E-state index in [1.807, 2.05) is 0 Å². The van der Waals surface area contributed by atoms with Gasteiger partial charge in [-0.25, -0.2) is 4.39 Å². The van der Waals surface area contributed by atoms with Gasteiger partial charge >= 0.3 is 0 Å². The number of hydrogen-bond acceptors (Lipinski definition) is 2. The highest BCUT2D eigenvalue weighted by Gasteiger charge is 2.30. The summed E-state index contributed by atoms with van der Waals surface area (Å²) in [5.41, 5.74) is 0. The molecule has 10 heavy (non-hydrogen) atoms. The molecule has 2 unspecified atom stereocenters. The van der Waals surface area contributed by atoms with E-state index in [-0.39, 0.29) is 0 Å². The van der Waals surface area contributed by atoms with Crippen LogP contribution in [0, 0.1) is 17.2 Å². The van der Waals surface area contributed by atoms with Gasteiger partial charge in [-0.1, -0.05) is 0 Å². The van der Waals surface area contributed by atoms with E-state index < -0.39 is 17.9 Å². The Labute approximate surface area is 58.6 Å². The molecule has 0 amide bonds. The molecule has 1 aliphatic rings. The third-order valence-electron chi connectivity index (χ3n) is 1.76. The maximum Gasteiger partial charge on any atom is 0.183 e. The van der Waals surface area contributed by atoms with Gasteiger partial charge in [0.2, 0.25) is 0 Å². The van der Waals surface area contributed by atoms with Crippen LogP contribution in [0.2, 0.25) is 0 Å². The highest BCUT2D eigenvalue weighted by molar-refractivity contribution is 5.87. The van der Waals surface area contributed by atoms with Gasteiger partial charge in [0.25, 0.3) is 0 Å². The summed E-state index contributed by atoms with van der Waals surface area (Å²) in [7, 11) is 0. The molecule has 2 nitrogen and oxygen atoms in total. The number of carbonyl (C=O) groups excluding carboxylic acids is 1. The smallest absolute Gasteiger partial charge is 0.183 e. The Kier molecular flexibility index (Phi) is 2.00. The zero-order chi connectivity index (χ0) is 7.56. The Morgan fingerprint density at radius 3 is 2.80 bits per heavy atom. The monoisotopic (exact) mass is 141 g/mol. The molecule has 0 N–H and O–H groups in total. The Bertz CT molecular complexity index is 185. The number of halogens is 1. The Morgan fingerprint density at radius 1 is 1.60 bits per heavy atom. The second kappa shape index (κ2) is 2.78. The second-order valence-corrected chi connectivity index (χ2v) is 2.48. The molecule has 1 rings (SSSR count). The first-order valence-corrected chi connectivity index (χ1v) is 3.33. The van der Waals surface area contributed by atoms with Crippen molar-refractivity contribution < 1.29 is 9.18 Å².